The van der Waals surface area contributed by atoms with Gasteiger partial charge in [0.15, 0.2) is 9.84 Å². The number of nitrogens with one attached hydrogen (secondary N) is 1. The van der Waals surface area contributed by atoms with Gasteiger partial charge in [0, 0.05) is 6.04 Å². The highest BCUT2D eigenvalue weighted by Crippen LogP contribution is 2.32. The molecule has 1 aromatic carbocycles. The minimum Gasteiger partial charge on any atom is -0.495 e. The summed E-state index contributed by atoms with van der Waals surface area (Å²) in [4.78, 5) is 0.322. The molecule has 2 rings (SSSR count). The van der Waals surface area contributed by atoms with Crippen LogP contribution in [0, 0.1) is 0 Å². The molecule has 1 aromatic rings. The van der Waals surface area contributed by atoms with Gasteiger partial charge in [-0.3, -0.25) is 0 Å². The van der Waals surface area contributed by atoms with Gasteiger partial charge in [0.25, 0.3) is 0 Å². The fraction of sp³-hybridized carbons (Fsp3) is 0.625. The molecule has 1 N–H and O–H groups in total. The van der Waals surface area contributed by atoms with E-state index in [4.69, 9.17) is 4.74 Å². The Labute approximate surface area is 127 Å². The zero-order valence-corrected chi connectivity index (χ0v) is 13.7. The molecule has 0 heterocycles. The van der Waals surface area contributed by atoms with Crippen LogP contribution in [0.5, 0.6) is 5.75 Å². The Kier molecular flexibility index (Phi) is 5.65. The second-order valence-electron chi connectivity index (χ2n) is 5.54. The minimum absolute atomic E-state index is 0.0346. The number of ether oxygens (including phenoxy) is 1. The van der Waals surface area contributed by atoms with Crippen LogP contribution in [-0.4, -0.2) is 33.4 Å². The Morgan fingerprint density at radius 2 is 1.90 bits per heavy atom. The van der Waals surface area contributed by atoms with Crippen LogP contribution < -0.4 is 10.1 Å². The molecule has 0 radical (unpaired) electrons. The molecule has 2 unspecified atom stereocenters. The van der Waals surface area contributed by atoms with E-state index in [0.29, 0.717) is 10.6 Å². The summed E-state index contributed by atoms with van der Waals surface area (Å²) in [7, 11) is -1.87. The van der Waals surface area contributed by atoms with Gasteiger partial charge in [-0.25, -0.2) is 8.42 Å². The summed E-state index contributed by atoms with van der Waals surface area (Å²) in [6, 6.07) is 6.96. The smallest absolute Gasteiger partial charge is 0.186 e. The van der Waals surface area contributed by atoms with Crippen LogP contribution in [0.25, 0.3) is 0 Å². The average Bonchev–Trinajstić information content (AvgIpc) is 2.73. The lowest BCUT2D eigenvalue weighted by Gasteiger charge is -2.26. The molecule has 0 aromatic heterocycles. The molecule has 0 spiro atoms. The Bertz CT molecular complexity index is 556. The number of sulfone groups is 1. The SMILES string of the molecule is CCNC1CCCCCC1S(=O)(=O)c1ccccc1OC. The monoisotopic (exact) mass is 311 g/mol. The highest BCUT2D eigenvalue weighted by atomic mass is 32.2. The molecule has 21 heavy (non-hydrogen) atoms. The molecule has 1 aliphatic carbocycles. The Hall–Kier alpha value is -1.07. The van der Waals surface area contributed by atoms with Crippen molar-refractivity contribution in [2.45, 2.75) is 55.2 Å². The molecule has 0 bridgehead atoms. The molecular formula is C16H25NO3S. The number of benzene rings is 1. The molecule has 1 saturated carbocycles. The minimum atomic E-state index is -3.39. The third-order valence-corrected chi connectivity index (χ3v) is 6.50. The van der Waals surface area contributed by atoms with E-state index in [2.05, 4.69) is 5.32 Å². The summed E-state index contributed by atoms with van der Waals surface area (Å²) in [6.45, 7) is 2.82. The molecule has 0 saturated heterocycles. The number of rotatable bonds is 5. The summed E-state index contributed by atoms with van der Waals surface area (Å²) >= 11 is 0. The van der Waals surface area contributed by atoms with E-state index in [1.54, 1.807) is 24.3 Å². The third kappa shape index (κ3) is 3.58. The predicted octanol–water partition coefficient (Wildman–Crippen LogP) is 2.78. The second kappa shape index (κ2) is 7.27. The fourth-order valence-corrected chi connectivity index (χ4v) is 5.33. The van der Waals surface area contributed by atoms with E-state index in [0.717, 1.165) is 38.6 Å². The maximum Gasteiger partial charge on any atom is 0.186 e. The van der Waals surface area contributed by atoms with E-state index in [9.17, 15) is 8.42 Å². The van der Waals surface area contributed by atoms with Crippen LogP contribution >= 0.6 is 0 Å². The van der Waals surface area contributed by atoms with Crippen molar-refractivity contribution in [3.63, 3.8) is 0 Å². The number of para-hydroxylation sites is 1. The van der Waals surface area contributed by atoms with E-state index in [1.165, 1.54) is 7.11 Å². The predicted molar refractivity (Wildman–Crippen MR) is 84.5 cm³/mol. The van der Waals surface area contributed by atoms with Crippen molar-refractivity contribution in [1.82, 2.24) is 5.32 Å². The van der Waals surface area contributed by atoms with Crippen molar-refractivity contribution in [2.75, 3.05) is 13.7 Å². The highest BCUT2D eigenvalue weighted by molar-refractivity contribution is 7.92. The van der Waals surface area contributed by atoms with E-state index >= 15 is 0 Å². The molecular weight excluding hydrogens is 286 g/mol. The quantitative estimate of drug-likeness (QED) is 0.850. The first-order chi connectivity index (χ1) is 10.1. The highest BCUT2D eigenvalue weighted by Gasteiger charge is 2.36. The molecule has 0 amide bonds. The molecule has 118 valence electrons. The van der Waals surface area contributed by atoms with Gasteiger partial charge in [0.05, 0.1) is 12.4 Å². The summed E-state index contributed by atoms with van der Waals surface area (Å²) in [5, 5.41) is 3.00. The van der Waals surface area contributed by atoms with Crippen molar-refractivity contribution < 1.29 is 13.2 Å². The summed E-state index contributed by atoms with van der Waals surface area (Å²) in [5.74, 6) is 0.442. The first-order valence-corrected chi connectivity index (χ1v) is 9.26. The summed E-state index contributed by atoms with van der Waals surface area (Å²) in [5.41, 5.74) is 0. The van der Waals surface area contributed by atoms with Crippen LogP contribution in [0.1, 0.15) is 39.0 Å². The molecule has 0 aliphatic heterocycles. The maximum absolute atomic E-state index is 13.1. The molecule has 2 atom stereocenters. The number of methoxy groups -OCH3 is 1. The zero-order valence-electron chi connectivity index (χ0n) is 12.8. The Morgan fingerprint density at radius 3 is 2.62 bits per heavy atom. The van der Waals surface area contributed by atoms with Crippen LogP contribution in [0.15, 0.2) is 29.2 Å². The third-order valence-electron chi connectivity index (χ3n) is 4.19. The van der Waals surface area contributed by atoms with E-state index in [1.807, 2.05) is 6.92 Å². The van der Waals surface area contributed by atoms with Crippen LogP contribution in [0.4, 0.5) is 0 Å². The molecule has 1 fully saturated rings. The molecule has 1 aliphatic rings. The normalized spacial score (nSPS) is 23.5. The maximum atomic E-state index is 13.1. The lowest BCUT2D eigenvalue weighted by atomic mass is 10.1. The zero-order chi connectivity index (χ0) is 15.3. The van der Waals surface area contributed by atoms with Crippen molar-refractivity contribution in [3.05, 3.63) is 24.3 Å². The van der Waals surface area contributed by atoms with E-state index in [-0.39, 0.29) is 11.3 Å². The van der Waals surface area contributed by atoms with Crippen molar-refractivity contribution >= 4 is 9.84 Å². The number of hydrogen-bond donors (Lipinski definition) is 1. The van der Waals surface area contributed by atoms with E-state index < -0.39 is 9.84 Å². The molecule has 5 heteroatoms. The van der Waals surface area contributed by atoms with Gasteiger partial charge in [-0.05, 0) is 31.5 Å². The van der Waals surface area contributed by atoms with Crippen LogP contribution in [-0.2, 0) is 9.84 Å². The van der Waals surface area contributed by atoms with Gasteiger partial charge < -0.3 is 10.1 Å². The topological polar surface area (TPSA) is 55.4 Å². The summed E-state index contributed by atoms with van der Waals surface area (Å²) < 4.78 is 31.4. The lowest BCUT2D eigenvalue weighted by molar-refractivity contribution is 0.400. The second-order valence-corrected chi connectivity index (χ2v) is 7.67. The van der Waals surface area contributed by atoms with Crippen molar-refractivity contribution in [1.29, 1.82) is 0 Å². The lowest BCUT2D eigenvalue weighted by Crippen LogP contribution is -2.43. The van der Waals surface area contributed by atoms with Gasteiger partial charge in [-0.2, -0.15) is 0 Å². The first-order valence-electron chi connectivity index (χ1n) is 7.71. The Morgan fingerprint density at radius 1 is 1.19 bits per heavy atom. The van der Waals surface area contributed by atoms with Gasteiger partial charge in [0.1, 0.15) is 10.6 Å². The van der Waals surface area contributed by atoms with Gasteiger partial charge in [-0.15, -0.1) is 0 Å². The summed E-state index contributed by atoms with van der Waals surface area (Å²) in [6.07, 6.45) is 4.82. The average molecular weight is 311 g/mol. The number of hydrogen-bond acceptors (Lipinski definition) is 4. The largest absolute Gasteiger partial charge is 0.495 e. The fourth-order valence-electron chi connectivity index (χ4n) is 3.16. The van der Waals surface area contributed by atoms with Crippen LogP contribution in [0.3, 0.4) is 0 Å². The molecule has 4 nitrogen and oxygen atoms in total. The van der Waals surface area contributed by atoms with Gasteiger partial charge in [0.2, 0.25) is 0 Å². The first kappa shape index (κ1) is 16.3. The van der Waals surface area contributed by atoms with Crippen molar-refractivity contribution in [2.24, 2.45) is 0 Å². The van der Waals surface area contributed by atoms with Gasteiger partial charge >= 0.3 is 0 Å². The van der Waals surface area contributed by atoms with Gasteiger partial charge in [-0.1, -0.05) is 38.3 Å². The standard InChI is InChI=1S/C16H25NO3S/c1-3-17-13-9-5-4-6-11-15(13)21(18,19)16-12-8-7-10-14(16)20-2/h7-8,10,12-13,15,17H,3-6,9,11H2,1-2H3. The van der Waals surface area contributed by atoms with Crippen molar-refractivity contribution in [3.8, 4) is 5.75 Å². The Balaban J connectivity index is 2.39. The van der Waals surface area contributed by atoms with Crippen LogP contribution in [0.2, 0.25) is 0 Å².